The van der Waals surface area contributed by atoms with E-state index in [2.05, 4.69) is 4.74 Å². The van der Waals surface area contributed by atoms with Crippen LogP contribution in [0.1, 0.15) is 24.3 Å². The molecule has 230 valence electrons. The molecule has 0 bridgehead atoms. The van der Waals surface area contributed by atoms with Crippen LogP contribution in [0.4, 0.5) is 14.9 Å². The number of carbonyl (C=O) groups excluding carboxylic acids is 5. The van der Waals surface area contributed by atoms with Crippen LogP contribution in [0.5, 0.6) is 17.2 Å². The maximum absolute atomic E-state index is 14.5. The molecule has 2 aliphatic heterocycles. The van der Waals surface area contributed by atoms with Gasteiger partial charge in [-0.3, -0.25) is 19.2 Å². The topological polar surface area (TPSA) is 140 Å². The van der Waals surface area contributed by atoms with Gasteiger partial charge in [0.25, 0.3) is 11.8 Å². The first-order valence-corrected chi connectivity index (χ1v) is 14.2. The van der Waals surface area contributed by atoms with E-state index in [0.29, 0.717) is 10.5 Å². The number of imide groups is 4. The number of aromatic hydroxyl groups is 1. The standard InChI is InChI=1S/C30H25Cl2FN2O9/c1-42-19-10-15(36)11-20(43-2)22(19)23-16-8-9-17-21(25(38)35(24(17)37)28(41)44-3)18(16)12-29(31)26(39)34(27(40)30(23,29)32)14-6-4-13(33)5-7-14/h4-8,10-11,17-18,21,23,36H,9,12H2,1-3H3. The van der Waals surface area contributed by atoms with E-state index in [1.165, 1.54) is 38.5 Å². The molecule has 2 heterocycles. The van der Waals surface area contributed by atoms with Gasteiger partial charge >= 0.3 is 6.09 Å². The molecule has 2 aliphatic carbocycles. The maximum atomic E-state index is 14.5. The van der Waals surface area contributed by atoms with Gasteiger partial charge in [-0.25, -0.2) is 14.1 Å². The second-order valence-electron chi connectivity index (χ2n) is 11.0. The Labute approximate surface area is 260 Å². The highest BCUT2D eigenvalue weighted by Gasteiger charge is 2.77. The molecule has 6 rings (SSSR count). The number of hydrogen-bond donors (Lipinski definition) is 1. The van der Waals surface area contributed by atoms with E-state index in [1.807, 2.05) is 0 Å². The Kier molecular flexibility index (Phi) is 6.93. The molecule has 2 aromatic carbocycles. The summed E-state index contributed by atoms with van der Waals surface area (Å²) >= 11 is 14.6. The number of halogens is 3. The number of carbonyl (C=O) groups is 5. The number of rotatable bonds is 4. The lowest BCUT2D eigenvalue weighted by atomic mass is 9.56. The van der Waals surface area contributed by atoms with Crippen LogP contribution in [0.3, 0.4) is 0 Å². The average molecular weight is 647 g/mol. The summed E-state index contributed by atoms with van der Waals surface area (Å²) in [5, 5.41) is 10.4. The number of fused-ring (bicyclic) bond motifs is 4. The largest absolute Gasteiger partial charge is 0.508 e. The number of allylic oxidation sites excluding steroid dienone is 2. The van der Waals surface area contributed by atoms with E-state index in [1.54, 1.807) is 6.08 Å². The van der Waals surface area contributed by atoms with Crippen LogP contribution in [0.15, 0.2) is 48.0 Å². The Bertz CT molecular complexity index is 1660. The number of amides is 5. The molecule has 0 aromatic heterocycles. The van der Waals surface area contributed by atoms with Gasteiger partial charge in [-0.15, -0.1) is 23.2 Å². The van der Waals surface area contributed by atoms with E-state index in [9.17, 15) is 33.5 Å². The van der Waals surface area contributed by atoms with Crippen molar-refractivity contribution in [3.05, 3.63) is 59.4 Å². The van der Waals surface area contributed by atoms with Crippen LogP contribution in [0, 0.1) is 23.6 Å². The molecule has 11 nitrogen and oxygen atoms in total. The summed E-state index contributed by atoms with van der Waals surface area (Å²) in [5.41, 5.74) is 0.568. The molecule has 14 heteroatoms. The molecule has 6 atom stereocenters. The fourth-order valence-electron chi connectivity index (χ4n) is 7.20. The minimum Gasteiger partial charge on any atom is -0.508 e. The van der Waals surface area contributed by atoms with E-state index in [0.717, 1.165) is 24.1 Å². The van der Waals surface area contributed by atoms with Gasteiger partial charge in [0.1, 0.15) is 23.1 Å². The van der Waals surface area contributed by atoms with Crippen molar-refractivity contribution in [3.8, 4) is 17.2 Å². The van der Waals surface area contributed by atoms with Crippen molar-refractivity contribution in [2.75, 3.05) is 26.2 Å². The minimum absolute atomic E-state index is 0.000149. The van der Waals surface area contributed by atoms with Gasteiger partial charge in [0.15, 0.2) is 9.75 Å². The zero-order valence-corrected chi connectivity index (χ0v) is 25.0. The molecule has 44 heavy (non-hydrogen) atoms. The van der Waals surface area contributed by atoms with Crippen LogP contribution >= 0.6 is 23.2 Å². The van der Waals surface area contributed by atoms with Crippen LogP contribution in [-0.2, 0) is 23.9 Å². The van der Waals surface area contributed by atoms with Crippen molar-refractivity contribution in [1.82, 2.24) is 4.90 Å². The molecule has 2 saturated heterocycles. The lowest BCUT2D eigenvalue weighted by Crippen LogP contribution is -2.60. The number of phenolic OH excluding ortho intramolecular Hbond substituents is 1. The van der Waals surface area contributed by atoms with Crippen LogP contribution in [0.2, 0.25) is 0 Å². The quantitative estimate of drug-likeness (QED) is 0.298. The number of anilines is 1. The van der Waals surface area contributed by atoms with Crippen LogP contribution in [-0.4, -0.2) is 70.8 Å². The van der Waals surface area contributed by atoms with Gasteiger partial charge in [0, 0.05) is 23.6 Å². The number of alkyl halides is 2. The predicted octanol–water partition coefficient (Wildman–Crippen LogP) is 3.88. The maximum Gasteiger partial charge on any atom is 0.423 e. The van der Waals surface area contributed by atoms with Crippen LogP contribution < -0.4 is 14.4 Å². The SMILES string of the molecule is COC(=O)N1C(=O)C2CC=C3C(CC4(Cl)C(=O)N(c5ccc(F)cc5)C(=O)C4(Cl)C3c3c(OC)cc(O)cc3OC)C2C1=O. The highest BCUT2D eigenvalue weighted by atomic mass is 35.5. The first-order valence-electron chi connectivity index (χ1n) is 13.5. The minimum atomic E-state index is -2.26. The van der Waals surface area contributed by atoms with Crippen LogP contribution in [0.25, 0.3) is 0 Å². The molecule has 0 spiro atoms. The average Bonchev–Trinajstić information content (AvgIpc) is 3.35. The van der Waals surface area contributed by atoms with E-state index >= 15 is 0 Å². The summed E-state index contributed by atoms with van der Waals surface area (Å²) in [6, 6.07) is 7.14. The highest BCUT2D eigenvalue weighted by Crippen LogP contribution is 2.67. The molecule has 1 N–H and O–H groups in total. The van der Waals surface area contributed by atoms with Crippen molar-refractivity contribution in [2.24, 2.45) is 17.8 Å². The molecule has 0 radical (unpaired) electrons. The normalized spacial score (nSPS) is 30.9. The first kappa shape index (κ1) is 29.9. The van der Waals surface area contributed by atoms with Crippen molar-refractivity contribution in [3.63, 3.8) is 0 Å². The highest BCUT2D eigenvalue weighted by molar-refractivity contribution is 6.58. The molecular formula is C30H25Cl2FN2O9. The molecule has 1 saturated carbocycles. The summed E-state index contributed by atoms with van der Waals surface area (Å²) in [6.45, 7) is 0. The molecule has 3 fully saturated rings. The molecule has 6 unspecified atom stereocenters. The monoisotopic (exact) mass is 646 g/mol. The summed E-state index contributed by atoms with van der Waals surface area (Å²) < 4.78 is 29.7. The van der Waals surface area contributed by atoms with Crippen molar-refractivity contribution < 1.29 is 47.7 Å². The van der Waals surface area contributed by atoms with E-state index < -0.39 is 69.0 Å². The molecule has 5 amide bonds. The van der Waals surface area contributed by atoms with Gasteiger partial charge in [0.05, 0.1) is 38.9 Å². The van der Waals surface area contributed by atoms with Gasteiger partial charge in [-0.05, 0) is 43.0 Å². The molecule has 4 aliphatic rings. The van der Waals surface area contributed by atoms with E-state index in [4.69, 9.17) is 32.7 Å². The Morgan fingerprint density at radius 3 is 2.14 bits per heavy atom. The smallest absolute Gasteiger partial charge is 0.423 e. The molecular weight excluding hydrogens is 622 g/mol. The number of methoxy groups -OCH3 is 3. The van der Waals surface area contributed by atoms with Crippen molar-refractivity contribution in [1.29, 1.82) is 0 Å². The second-order valence-corrected chi connectivity index (χ2v) is 12.2. The van der Waals surface area contributed by atoms with Gasteiger partial charge < -0.3 is 19.3 Å². The van der Waals surface area contributed by atoms with Gasteiger partial charge in [-0.2, -0.15) is 4.90 Å². The summed E-state index contributed by atoms with van der Waals surface area (Å²) in [5.74, 6) is -8.56. The predicted molar refractivity (Wildman–Crippen MR) is 152 cm³/mol. The third-order valence-electron chi connectivity index (χ3n) is 9.07. The Morgan fingerprint density at radius 1 is 0.955 bits per heavy atom. The zero-order valence-electron chi connectivity index (χ0n) is 23.5. The number of hydrogen-bond acceptors (Lipinski definition) is 9. The Balaban J connectivity index is 1.62. The Hall–Kier alpha value is -4.16. The molecule has 2 aromatic rings. The lowest BCUT2D eigenvalue weighted by molar-refractivity contribution is -0.138. The third-order valence-corrected chi connectivity index (χ3v) is 10.5. The zero-order chi connectivity index (χ0) is 31.9. The fraction of sp³-hybridized carbons (Fsp3) is 0.367. The van der Waals surface area contributed by atoms with E-state index in [-0.39, 0.29) is 41.3 Å². The van der Waals surface area contributed by atoms with Gasteiger partial charge in [0.2, 0.25) is 11.8 Å². The number of nitrogens with zero attached hydrogens (tertiary/aromatic N) is 2. The van der Waals surface area contributed by atoms with Crippen molar-refractivity contribution >= 4 is 58.6 Å². The fourth-order valence-corrected chi connectivity index (χ4v) is 8.11. The summed E-state index contributed by atoms with van der Waals surface area (Å²) in [4.78, 5) is 64.9. The van der Waals surface area contributed by atoms with Gasteiger partial charge in [-0.1, -0.05) is 11.6 Å². The lowest BCUT2D eigenvalue weighted by Gasteiger charge is -2.51. The number of benzene rings is 2. The number of likely N-dealkylation sites (tertiary alicyclic amines) is 1. The first-order chi connectivity index (χ1) is 20.8. The summed E-state index contributed by atoms with van der Waals surface area (Å²) in [6.07, 6.45) is 0.153. The van der Waals surface area contributed by atoms with Crippen molar-refractivity contribution in [2.45, 2.75) is 28.5 Å². The summed E-state index contributed by atoms with van der Waals surface area (Å²) in [7, 11) is 3.67. The third kappa shape index (κ3) is 3.76. The second kappa shape index (κ2) is 10.2. The Morgan fingerprint density at radius 2 is 1.57 bits per heavy atom. The number of ether oxygens (including phenoxy) is 3. The number of phenols is 1.